The Morgan fingerprint density at radius 3 is 2.87 bits per heavy atom. The van der Waals surface area contributed by atoms with Crippen LogP contribution in [0, 0.1) is 12.3 Å². The summed E-state index contributed by atoms with van der Waals surface area (Å²) < 4.78 is 6.04. The average molecular weight is 320 g/mol. The number of aromatic nitrogens is 2. The van der Waals surface area contributed by atoms with Crippen LogP contribution < -0.4 is 0 Å². The fraction of sp³-hybridized carbons (Fsp3) is 0.765. The summed E-state index contributed by atoms with van der Waals surface area (Å²) in [6, 6.07) is 0. The molecule has 2 aliphatic rings. The lowest BCUT2D eigenvalue weighted by Crippen LogP contribution is -2.43. The van der Waals surface area contributed by atoms with Gasteiger partial charge in [-0.05, 0) is 45.2 Å². The molecular formula is C17H28N4O2. The second-order valence-corrected chi connectivity index (χ2v) is 7.17. The average Bonchev–Trinajstić information content (AvgIpc) is 3.14. The Kier molecular flexibility index (Phi) is 4.73. The predicted molar refractivity (Wildman–Crippen MR) is 88.4 cm³/mol. The SMILES string of the molecule is CCN(C)C[C@H]1CC2(CCN(C(=O)c3cnc(C)[nH]3)CC2)CO1. The lowest BCUT2D eigenvalue weighted by atomic mass is 9.76. The van der Waals surface area contributed by atoms with E-state index in [1.165, 1.54) is 0 Å². The molecular weight excluding hydrogens is 292 g/mol. The number of hydrogen-bond acceptors (Lipinski definition) is 4. The fourth-order valence-corrected chi connectivity index (χ4v) is 3.72. The van der Waals surface area contributed by atoms with Gasteiger partial charge in [0.25, 0.3) is 5.91 Å². The number of rotatable bonds is 4. The molecule has 0 saturated carbocycles. The molecule has 0 unspecified atom stereocenters. The first-order valence-electron chi connectivity index (χ1n) is 8.62. The molecule has 1 aromatic heterocycles. The Balaban J connectivity index is 1.53. The number of likely N-dealkylation sites (N-methyl/N-ethyl adjacent to an activating group) is 1. The topological polar surface area (TPSA) is 61.5 Å². The first kappa shape index (κ1) is 16.5. The van der Waals surface area contributed by atoms with Crippen molar-refractivity contribution >= 4 is 5.91 Å². The number of nitrogens with zero attached hydrogens (tertiary/aromatic N) is 3. The van der Waals surface area contributed by atoms with Gasteiger partial charge in [0.05, 0.1) is 18.9 Å². The number of aryl methyl sites for hydroxylation is 1. The van der Waals surface area contributed by atoms with E-state index in [2.05, 4.69) is 28.8 Å². The third-order valence-electron chi connectivity index (χ3n) is 5.39. The van der Waals surface area contributed by atoms with Crippen molar-refractivity contribution in [2.75, 3.05) is 39.8 Å². The van der Waals surface area contributed by atoms with Gasteiger partial charge in [-0.3, -0.25) is 4.79 Å². The van der Waals surface area contributed by atoms with E-state index in [4.69, 9.17) is 4.74 Å². The second-order valence-electron chi connectivity index (χ2n) is 7.17. The van der Waals surface area contributed by atoms with Gasteiger partial charge < -0.3 is 19.5 Å². The van der Waals surface area contributed by atoms with Crippen LogP contribution >= 0.6 is 0 Å². The van der Waals surface area contributed by atoms with Crippen LogP contribution in [0.4, 0.5) is 0 Å². The number of imidazole rings is 1. The van der Waals surface area contributed by atoms with E-state index < -0.39 is 0 Å². The van der Waals surface area contributed by atoms with Gasteiger partial charge in [-0.15, -0.1) is 0 Å². The first-order chi connectivity index (χ1) is 11.0. The van der Waals surface area contributed by atoms with Crippen molar-refractivity contribution in [3.8, 4) is 0 Å². The van der Waals surface area contributed by atoms with Crippen molar-refractivity contribution in [2.45, 2.75) is 39.2 Å². The highest BCUT2D eigenvalue weighted by Gasteiger charge is 2.43. The Hall–Kier alpha value is -1.40. The third kappa shape index (κ3) is 3.58. The molecule has 128 valence electrons. The van der Waals surface area contributed by atoms with Crippen molar-refractivity contribution in [1.29, 1.82) is 0 Å². The molecule has 1 spiro atoms. The summed E-state index contributed by atoms with van der Waals surface area (Å²) in [5.41, 5.74) is 0.878. The van der Waals surface area contributed by atoms with Gasteiger partial charge in [0, 0.05) is 19.6 Å². The van der Waals surface area contributed by atoms with Crippen LogP contribution in [0.3, 0.4) is 0 Å². The fourth-order valence-electron chi connectivity index (χ4n) is 3.72. The Morgan fingerprint density at radius 1 is 1.52 bits per heavy atom. The molecule has 1 amide bonds. The van der Waals surface area contributed by atoms with Gasteiger partial charge in [0.2, 0.25) is 0 Å². The van der Waals surface area contributed by atoms with Crippen LogP contribution in [-0.2, 0) is 4.74 Å². The van der Waals surface area contributed by atoms with Crippen LogP contribution in [0.5, 0.6) is 0 Å². The molecule has 6 nitrogen and oxygen atoms in total. The number of hydrogen-bond donors (Lipinski definition) is 1. The van der Waals surface area contributed by atoms with E-state index in [0.717, 1.165) is 57.9 Å². The van der Waals surface area contributed by atoms with Crippen LogP contribution in [0.2, 0.25) is 0 Å². The number of amides is 1. The molecule has 2 saturated heterocycles. The minimum absolute atomic E-state index is 0.0710. The first-order valence-corrected chi connectivity index (χ1v) is 8.62. The number of likely N-dealkylation sites (tertiary alicyclic amines) is 1. The number of piperidine rings is 1. The van der Waals surface area contributed by atoms with Crippen molar-refractivity contribution in [3.05, 3.63) is 17.7 Å². The zero-order chi connectivity index (χ0) is 16.4. The molecule has 0 bridgehead atoms. The number of ether oxygens (including phenoxy) is 1. The van der Waals surface area contributed by atoms with Crippen LogP contribution in [0.1, 0.15) is 42.5 Å². The van der Waals surface area contributed by atoms with Gasteiger partial charge in [-0.25, -0.2) is 4.98 Å². The zero-order valence-corrected chi connectivity index (χ0v) is 14.5. The lowest BCUT2D eigenvalue weighted by molar-refractivity contribution is 0.0460. The van der Waals surface area contributed by atoms with Gasteiger partial charge in [0.1, 0.15) is 11.5 Å². The number of aromatic amines is 1. The second kappa shape index (κ2) is 6.61. The van der Waals surface area contributed by atoms with Gasteiger partial charge >= 0.3 is 0 Å². The molecule has 1 atom stereocenters. The molecule has 3 heterocycles. The van der Waals surface area contributed by atoms with Crippen molar-refractivity contribution in [1.82, 2.24) is 19.8 Å². The summed E-state index contributed by atoms with van der Waals surface area (Å²) >= 11 is 0. The van der Waals surface area contributed by atoms with Gasteiger partial charge in [-0.2, -0.15) is 0 Å². The molecule has 2 fully saturated rings. The summed E-state index contributed by atoms with van der Waals surface area (Å²) in [6.07, 6.45) is 5.19. The maximum Gasteiger partial charge on any atom is 0.271 e. The number of carbonyl (C=O) groups excluding carboxylic acids is 1. The number of nitrogens with one attached hydrogen (secondary N) is 1. The highest BCUT2D eigenvalue weighted by molar-refractivity contribution is 5.92. The van der Waals surface area contributed by atoms with E-state index in [1.807, 2.05) is 11.8 Å². The van der Waals surface area contributed by atoms with Crippen LogP contribution in [0.15, 0.2) is 6.20 Å². The molecule has 1 N–H and O–H groups in total. The van der Waals surface area contributed by atoms with Crippen LogP contribution in [-0.4, -0.2) is 71.6 Å². The number of carbonyl (C=O) groups is 1. The predicted octanol–water partition coefficient (Wildman–Crippen LogP) is 1.68. The van der Waals surface area contributed by atoms with Crippen molar-refractivity contribution in [2.24, 2.45) is 5.41 Å². The minimum atomic E-state index is 0.0710. The van der Waals surface area contributed by atoms with Gasteiger partial charge in [0.15, 0.2) is 0 Å². The Morgan fingerprint density at radius 2 is 2.26 bits per heavy atom. The Bertz CT molecular complexity index is 549. The molecule has 0 radical (unpaired) electrons. The van der Waals surface area contributed by atoms with Crippen molar-refractivity contribution in [3.63, 3.8) is 0 Å². The molecule has 0 aromatic carbocycles. The van der Waals surface area contributed by atoms with E-state index in [-0.39, 0.29) is 11.3 Å². The summed E-state index contributed by atoms with van der Waals surface area (Å²) in [7, 11) is 2.14. The highest BCUT2D eigenvalue weighted by Crippen LogP contribution is 2.42. The zero-order valence-electron chi connectivity index (χ0n) is 14.5. The van der Waals surface area contributed by atoms with E-state index >= 15 is 0 Å². The van der Waals surface area contributed by atoms with E-state index in [1.54, 1.807) is 6.20 Å². The molecule has 1 aromatic rings. The summed E-state index contributed by atoms with van der Waals surface area (Å²) in [4.78, 5) is 23.9. The summed E-state index contributed by atoms with van der Waals surface area (Å²) in [6.45, 7) is 8.58. The summed E-state index contributed by atoms with van der Waals surface area (Å²) in [5, 5.41) is 0. The monoisotopic (exact) mass is 320 g/mol. The van der Waals surface area contributed by atoms with Gasteiger partial charge in [-0.1, -0.05) is 6.92 Å². The Labute approximate surface area is 138 Å². The smallest absolute Gasteiger partial charge is 0.271 e. The van der Waals surface area contributed by atoms with Crippen LogP contribution in [0.25, 0.3) is 0 Å². The molecule has 3 rings (SSSR count). The largest absolute Gasteiger partial charge is 0.376 e. The normalized spacial score (nSPS) is 23.8. The van der Waals surface area contributed by atoms with Crippen molar-refractivity contribution < 1.29 is 9.53 Å². The third-order valence-corrected chi connectivity index (χ3v) is 5.39. The van der Waals surface area contributed by atoms with E-state index in [0.29, 0.717) is 11.8 Å². The molecule has 23 heavy (non-hydrogen) atoms. The quantitative estimate of drug-likeness (QED) is 0.917. The molecule has 0 aliphatic carbocycles. The highest BCUT2D eigenvalue weighted by atomic mass is 16.5. The minimum Gasteiger partial charge on any atom is -0.376 e. The van der Waals surface area contributed by atoms with E-state index in [9.17, 15) is 4.79 Å². The standard InChI is InChI=1S/C17H28N4O2/c1-4-20(3)11-14-9-17(12-23-14)5-7-21(8-6-17)16(22)15-10-18-13(2)19-15/h10,14H,4-9,11-12H2,1-3H3,(H,18,19)/t14-/m1/s1. The maximum absolute atomic E-state index is 12.5. The summed E-state index contributed by atoms with van der Waals surface area (Å²) in [5.74, 6) is 0.857. The molecule has 6 heteroatoms. The molecule has 2 aliphatic heterocycles. The maximum atomic E-state index is 12.5. The lowest BCUT2D eigenvalue weighted by Gasteiger charge is -2.38. The number of H-pyrrole nitrogens is 1.